The first kappa shape index (κ1) is 18.7. The van der Waals surface area contributed by atoms with Crippen molar-refractivity contribution in [1.82, 2.24) is 4.90 Å². The van der Waals surface area contributed by atoms with Gasteiger partial charge in [0.15, 0.2) is 5.78 Å². The maximum Gasteiger partial charge on any atom is 0.253 e. The highest BCUT2D eigenvalue weighted by Crippen LogP contribution is 2.45. The maximum absolute atomic E-state index is 13.1. The smallest absolute Gasteiger partial charge is 0.253 e. The van der Waals surface area contributed by atoms with E-state index in [9.17, 15) is 9.59 Å². The summed E-state index contributed by atoms with van der Waals surface area (Å²) in [6.45, 7) is 3.29. The second-order valence-electron chi connectivity index (χ2n) is 8.24. The number of methoxy groups -OCH3 is 1. The molecule has 1 heterocycles. The molecule has 1 aliphatic heterocycles. The van der Waals surface area contributed by atoms with Gasteiger partial charge in [0.2, 0.25) is 0 Å². The fraction of sp³-hybridized carbons (Fsp3) is 0.417. The first-order valence-corrected chi connectivity index (χ1v) is 10.1. The van der Waals surface area contributed by atoms with Crippen LogP contribution in [0.25, 0.3) is 11.1 Å². The number of likely N-dealkylation sites (tertiary alicyclic amines) is 1. The van der Waals surface area contributed by atoms with E-state index < -0.39 is 0 Å². The summed E-state index contributed by atoms with van der Waals surface area (Å²) in [5, 5.41) is 0. The van der Waals surface area contributed by atoms with E-state index in [4.69, 9.17) is 4.74 Å². The molecule has 1 aliphatic carbocycles. The summed E-state index contributed by atoms with van der Waals surface area (Å²) >= 11 is 0. The number of carbonyl (C=O) groups is 2. The Balaban J connectivity index is 1.59. The summed E-state index contributed by atoms with van der Waals surface area (Å²) < 4.78 is 5.29. The number of ether oxygens (including phenoxy) is 1. The van der Waals surface area contributed by atoms with Crippen molar-refractivity contribution in [2.24, 2.45) is 5.41 Å². The Kier molecular flexibility index (Phi) is 4.96. The molecular formula is C24H27NO3. The van der Waals surface area contributed by atoms with Gasteiger partial charge in [0, 0.05) is 18.7 Å². The third kappa shape index (κ3) is 3.44. The molecule has 28 heavy (non-hydrogen) atoms. The van der Waals surface area contributed by atoms with Gasteiger partial charge in [-0.1, -0.05) is 31.0 Å². The molecule has 1 saturated heterocycles. The summed E-state index contributed by atoms with van der Waals surface area (Å²) in [6.07, 6.45) is 6.26. The first-order valence-electron chi connectivity index (χ1n) is 10.1. The number of rotatable bonds is 4. The fourth-order valence-electron chi connectivity index (χ4n) is 4.82. The van der Waals surface area contributed by atoms with Crippen LogP contribution in [0.1, 0.15) is 59.7 Å². The topological polar surface area (TPSA) is 46.6 Å². The van der Waals surface area contributed by atoms with Crippen LogP contribution in [0, 0.1) is 5.41 Å². The number of Topliss-reactive ketones (excluding diaryl/α,β-unsaturated/α-hetero) is 1. The summed E-state index contributed by atoms with van der Waals surface area (Å²) in [7, 11) is 1.56. The maximum atomic E-state index is 13.1. The Hall–Kier alpha value is -2.62. The lowest BCUT2D eigenvalue weighted by Gasteiger charge is -2.23. The van der Waals surface area contributed by atoms with Crippen LogP contribution in [0.2, 0.25) is 0 Å². The zero-order chi connectivity index (χ0) is 19.7. The Morgan fingerprint density at radius 1 is 1.00 bits per heavy atom. The molecule has 0 aromatic heterocycles. The molecule has 1 amide bonds. The highest BCUT2D eigenvalue weighted by atomic mass is 16.5. The predicted molar refractivity (Wildman–Crippen MR) is 110 cm³/mol. The molecule has 4 rings (SSSR count). The van der Waals surface area contributed by atoms with Gasteiger partial charge >= 0.3 is 0 Å². The van der Waals surface area contributed by atoms with Crippen LogP contribution in [0.3, 0.4) is 0 Å². The lowest BCUT2D eigenvalue weighted by atomic mass is 9.86. The van der Waals surface area contributed by atoms with E-state index in [-0.39, 0.29) is 11.7 Å². The van der Waals surface area contributed by atoms with Crippen molar-refractivity contribution in [3.05, 3.63) is 53.6 Å². The number of hydrogen-bond donors (Lipinski definition) is 0. The van der Waals surface area contributed by atoms with Crippen LogP contribution in [0.5, 0.6) is 5.75 Å². The number of carbonyl (C=O) groups excluding carboxylic acids is 2. The predicted octanol–water partition coefficient (Wildman–Crippen LogP) is 4.97. The van der Waals surface area contributed by atoms with Gasteiger partial charge in [-0.25, -0.2) is 0 Å². The molecule has 0 bridgehead atoms. The standard InChI is InChI=1S/C24H27NO3/c1-17(26)21-15-19(8-9-22(21)28-2)18-6-5-7-20(14-18)23(27)25-13-12-24(16-25)10-3-4-11-24/h5-9,14-15H,3-4,10-13,16H2,1-2H3. The van der Waals surface area contributed by atoms with Crippen LogP contribution in [-0.2, 0) is 0 Å². The highest BCUT2D eigenvalue weighted by Gasteiger charge is 2.41. The molecule has 0 radical (unpaired) electrons. The zero-order valence-corrected chi connectivity index (χ0v) is 16.7. The second kappa shape index (κ2) is 7.42. The molecule has 2 fully saturated rings. The van der Waals surface area contributed by atoms with Gasteiger partial charge in [-0.3, -0.25) is 9.59 Å². The van der Waals surface area contributed by atoms with E-state index in [1.165, 1.54) is 32.6 Å². The van der Waals surface area contributed by atoms with E-state index in [0.717, 1.165) is 30.6 Å². The second-order valence-corrected chi connectivity index (χ2v) is 8.24. The quantitative estimate of drug-likeness (QED) is 0.707. The van der Waals surface area contributed by atoms with Crippen molar-refractivity contribution in [3.63, 3.8) is 0 Å². The number of ketones is 1. The summed E-state index contributed by atoms with van der Waals surface area (Å²) in [5.74, 6) is 0.651. The average molecular weight is 377 g/mol. The summed E-state index contributed by atoms with van der Waals surface area (Å²) in [5.41, 5.74) is 3.49. The van der Waals surface area contributed by atoms with Crippen molar-refractivity contribution >= 4 is 11.7 Å². The third-order valence-electron chi connectivity index (χ3n) is 6.41. The van der Waals surface area contributed by atoms with Crippen LogP contribution < -0.4 is 4.74 Å². The Morgan fingerprint density at radius 2 is 1.75 bits per heavy atom. The zero-order valence-electron chi connectivity index (χ0n) is 16.7. The van der Waals surface area contributed by atoms with Crippen LogP contribution >= 0.6 is 0 Å². The van der Waals surface area contributed by atoms with E-state index in [1.54, 1.807) is 7.11 Å². The van der Waals surface area contributed by atoms with Crippen LogP contribution in [0.15, 0.2) is 42.5 Å². The molecular weight excluding hydrogens is 350 g/mol. The third-order valence-corrected chi connectivity index (χ3v) is 6.41. The van der Waals surface area contributed by atoms with Crippen molar-refractivity contribution in [2.75, 3.05) is 20.2 Å². The molecule has 2 aromatic rings. The summed E-state index contributed by atoms with van der Waals surface area (Å²) in [6, 6.07) is 13.3. The van der Waals surface area contributed by atoms with E-state index in [1.807, 2.05) is 47.4 Å². The molecule has 2 aliphatic rings. The lowest BCUT2D eigenvalue weighted by Crippen LogP contribution is -2.31. The number of benzene rings is 2. The number of hydrogen-bond acceptors (Lipinski definition) is 3. The SMILES string of the molecule is COc1ccc(-c2cccc(C(=O)N3CCC4(CCCC4)C3)c2)cc1C(C)=O. The molecule has 0 N–H and O–H groups in total. The van der Waals surface area contributed by atoms with E-state index >= 15 is 0 Å². The fourth-order valence-corrected chi connectivity index (χ4v) is 4.82. The number of nitrogens with zero attached hydrogens (tertiary/aromatic N) is 1. The van der Waals surface area contributed by atoms with Crippen LogP contribution in [-0.4, -0.2) is 36.8 Å². The highest BCUT2D eigenvalue weighted by molar-refractivity contribution is 5.99. The lowest BCUT2D eigenvalue weighted by molar-refractivity contribution is 0.0773. The van der Waals surface area contributed by atoms with Crippen molar-refractivity contribution in [3.8, 4) is 16.9 Å². The average Bonchev–Trinajstić information content (AvgIpc) is 3.36. The number of amides is 1. The van der Waals surface area contributed by atoms with E-state index in [2.05, 4.69) is 0 Å². The molecule has 4 nitrogen and oxygen atoms in total. The normalized spacial score (nSPS) is 17.9. The first-order chi connectivity index (χ1) is 13.5. The van der Waals surface area contributed by atoms with Crippen LogP contribution in [0.4, 0.5) is 0 Å². The van der Waals surface area contributed by atoms with Crippen molar-refractivity contribution < 1.29 is 14.3 Å². The molecule has 1 spiro atoms. The van der Waals surface area contributed by atoms with Gasteiger partial charge < -0.3 is 9.64 Å². The Labute approximate surface area is 166 Å². The van der Waals surface area contributed by atoms with Gasteiger partial charge in [0.05, 0.1) is 12.7 Å². The van der Waals surface area contributed by atoms with Gasteiger partial charge in [0.25, 0.3) is 5.91 Å². The van der Waals surface area contributed by atoms with Gasteiger partial charge in [0.1, 0.15) is 5.75 Å². The van der Waals surface area contributed by atoms with Gasteiger partial charge in [-0.2, -0.15) is 0 Å². The molecule has 4 heteroatoms. The molecule has 0 atom stereocenters. The van der Waals surface area contributed by atoms with Crippen molar-refractivity contribution in [2.45, 2.75) is 39.0 Å². The minimum Gasteiger partial charge on any atom is -0.496 e. The van der Waals surface area contributed by atoms with Gasteiger partial charge in [-0.05, 0) is 67.0 Å². The minimum absolute atomic E-state index is 0.0372. The molecule has 1 saturated carbocycles. The van der Waals surface area contributed by atoms with Gasteiger partial charge in [-0.15, -0.1) is 0 Å². The largest absolute Gasteiger partial charge is 0.496 e. The molecule has 2 aromatic carbocycles. The van der Waals surface area contributed by atoms with Crippen molar-refractivity contribution in [1.29, 1.82) is 0 Å². The summed E-state index contributed by atoms with van der Waals surface area (Å²) in [4.78, 5) is 27.1. The Bertz CT molecular complexity index is 912. The molecule has 146 valence electrons. The van der Waals surface area contributed by atoms with E-state index in [0.29, 0.717) is 22.3 Å². The molecule has 0 unspecified atom stereocenters. The monoisotopic (exact) mass is 377 g/mol. The minimum atomic E-state index is -0.0372. The Morgan fingerprint density at radius 3 is 2.46 bits per heavy atom.